The maximum absolute atomic E-state index is 12.5. The van der Waals surface area contributed by atoms with Crippen LogP contribution in [0.25, 0.3) is 0 Å². The zero-order valence-electron chi connectivity index (χ0n) is 11.5. The first kappa shape index (κ1) is 15.8. The van der Waals surface area contributed by atoms with Crippen molar-refractivity contribution < 1.29 is 30.6 Å². The van der Waals surface area contributed by atoms with Crippen LogP contribution in [-0.2, 0) is 19.1 Å². The van der Waals surface area contributed by atoms with Gasteiger partial charge in [-0.15, -0.1) is 0 Å². The lowest BCUT2D eigenvalue weighted by Crippen LogP contribution is -2.50. The van der Waals surface area contributed by atoms with Gasteiger partial charge in [0, 0.05) is 11.3 Å². The van der Waals surface area contributed by atoms with Gasteiger partial charge >= 0.3 is 15.6 Å². The molecule has 2 fully saturated rings. The molecule has 2 bridgehead atoms. The van der Waals surface area contributed by atoms with E-state index >= 15 is 0 Å². The van der Waals surface area contributed by atoms with Crippen LogP contribution in [0.5, 0.6) is 0 Å². The van der Waals surface area contributed by atoms with Crippen molar-refractivity contribution in [3.8, 4) is 0 Å². The fourth-order valence-electron chi connectivity index (χ4n) is 4.07. The molecule has 2 rings (SSSR count). The van der Waals surface area contributed by atoms with Crippen LogP contribution in [0, 0.1) is 17.3 Å². The summed E-state index contributed by atoms with van der Waals surface area (Å²) in [7, 11) is -5.66. The number of carbonyl (C=O) groups is 1. The van der Waals surface area contributed by atoms with Crippen molar-refractivity contribution in [3.05, 3.63) is 0 Å². The van der Waals surface area contributed by atoms with Crippen molar-refractivity contribution >= 4 is 15.9 Å². The highest BCUT2D eigenvalue weighted by Crippen LogP contribution is 2.64. The Morgan fingerprint density at radius 3 is 2.25 bits per heavy atom. The normalized spacial score (nSPS) is 36.3. The number of ketones is 1. The fourth-order valence-corrected chi connectivity index (χ4v) is 4.95. The number of alkyl halides is 3. The van der Waals surface area contributed by atoms with Crippen LogP contribution in [0.3, 0.4) is 0 Å². The summed E-state index contributed by atoms with van der Waals surface area (Å²) in [5.41, 5.74) is -7.80. The highest BCUT2D eigenvalue weighted by atomic mass is 32.2. The maximum Gasteiger partial charge on any atom is 0.523 e. The molecule has 2 aliphatic rings. The molecule has 0 aromatic rings. The Kier molecular flexibility index (Phi) is 3.30. The van der Waals surface area contributed by atoms with Crippen molar-refractivity contribution in [2.45, 2.75) is 51.1 Å². The second kappa shape index (κ2) is 4.19. The van der Waals surface area contributed by atoms with Gasteiger partial charge in [0.25, 0.3) is 0 Å². The first-order valence-corrected chi connectivity index (χ1v) is 7.77. The summed E-state index contributed by atoms with van der Waals surface area (Å²) in [6.45, 7) is 4.62. The van der Waals surface area contributed by atoms with Gasteiger partial charge in [-0.2, -0.15) is 21.6 Å². The molecule has 4 nitrogen and oxygen atoms in total. The van der Waals surface area contributed by atoms with Crippen molar-refractivity contribution in [3.63, 3.8) is 0 Å². The highest BCUT2D eigenvalue weighted by molar-refractivity contribution is 7.87. The summed E-state index contributed by atoms with van der Waals surface area (Å²) in [4.78, 5) is 11.7. The number of hydrogen-bond donors (Lipinski definition) is 0. The van der Waals surface area contributed by atoms with E-state index in [1.165, 1.54) is 6.92 Å². The van der Waals surface area contributed by atoms with Crippen molar-refractivity contribution in [2.24, 2.45) is 17.3 Å². The van der Waals surface area contributed by atoms with E-state index in [4.69, 9.17) is 0 Å². The Morgan fingerprint density at radius 1 is 1.30 bits per heavy atom. The zero-order valence-corrected chi connectivity index (χ0v) is 12.3. The molecule has 0 aliphatic heterocycles. The van der Waals surface area contributed by atoms with Gasteiger partial charge in [-0.3, -0.25) is 8.98 Å². The van der Waals surface area contributed by atoms with Crippen LogP contribution < -0.4 is 0 Å². The van der Waals surface area contributed by atoms with Crippen LogP contribution in [0.15, 0.2) is 0 Å². The smallest absolute Gasteiger partial charge is 0.300 e. The molecule has 2 aliphatic carbocycles. The third kappa shape index (κ3) is 1.99. The molecule has 0 radical (unpaired) electrons. The SMILES string of the molecule is CC(=O)C1C2CCC(OS(=O)(=O)C(F)(F)F)(C2)C1(C)C. The lowest BCUT2D eigenvalue weighted by Gasteiger charge is -2.44. The van der Waals surface area contributed by atoms with E-state index in [-0.39, 0.29) is 24.5 Å². The molecule has 0 N–H and O–H groups in total. The second-order valence-electron chi connectivity index (χ2n) is 6.29. The molecule has 0 amide bonds. The van der Waals surface area contributed by atoms with Gasteiger partial charge in [-0.25, -0.2) is 0 Å². The molecule has 8 heteroatoms. The average Bonchev–Trinajstić information content (AvgIpc) is 2.67. The van der Waals surface area contributed by atoms with Crippen LogP contribution in [0.2, 0.25) is 0 Å². The highest BCUT2D eigenvalue weighted by Gasteiger charge is 2.68. The minimum absolute atomic E-state index is 0.106. The number of rotatable bonds is 3. The number of halogens is 3. The van der Waals surface area contributed by atoms with Crippen LogP contribution in [0.1, 0.15) is 40.0 Å². The summed E-state index contributed by atoms with van der Waals surface area (Å²) in [5.74, 6) is -0.694. The Labute approximate surface area is 115 Å². The van der Waals surface area contributed by atoms with Gasteiger partial charge in [0.2, 0.25) is 0 Å². The molecule has 116 valence electrons. The molecule has 3 unspecified atom stereocenters. The van der Waals surface area contributed by atoms with Gasteiger partial charge in [-0.05, 0) is 32.1 Å². The number of Topliss-reactive ketones (excluding diaryl/α,β-unsaturated/α-hetero) is 1. The molecule has 0 spiro atoms. The summed E-state index contributed by atoms with van der Waals surface area (Å²) in [6.07, 6.45) is 0.921. The van der Waals surface area contributed by atoms with E-state index in [1.54, 1.807) is 13.8 Å². The lowest BCUT2D eigenvalue weighted by molar-refractivity contribution is -0.132. The van der Waals surface area contributed by atoms with E-state index in [0.29, 0.717) is 6.42 Å². The number of carbonyl (C=O) groups excluding carboxylic acids is 1. The van der Waals surface area contributed by atoms with Crippen molar-refractivity contribution in [2.75, 3.05) is 0 Å². The summed E-state index contributed by atoms with van der Waals surface area (Å²) in [5, 5.41) is 0. The number of fused-ring (bicyclic) bond motifs is 2. The molecule has 0 aromatic heterocycles. The van der Waals surface area contributed by atoms with E-state index in [2.05, 4.69) is 4.18 Å². The van der Waals surface area contributed by atoms with E-state index in [0.717, 1.165) is 0 Å². The average molecular weight is 314 g/mol. The van der Waals surface area contributed by atoms with Crippen LogP contribution in [-0.4, -0.2) is 25.3 Å². The Balaban J connectivity index is 2.40. The minimum Gasteiger partial charge on any atom is -0.300 e. The fraction of sp³-hybridized carbons (Fsp3) is 0.917. The largest absolute Gasteiger partial charge is 0.523 e. The standard InChI is InChI=1S/C12H17F3O4S/c1-7(16)9-8-4-5-11(6-8,10(9,2)3)19-20(17,18)12(13,14)15/h8-9H,4-6H2,1-3H3. The van der Waals surface area contributed by atoms with E-state index < -0.39 is 32.6 Å². The van der Waals surface area contributed by atoms with Crippen molar-refractivity contribution in [1.82, 2.24) is 0 Å². The molecule has 20 heavy (non-hydrogen) atoms. The molecule has 0 saturated heterocycles. The predicted molar refractivity (Wildman–Crippen MR) is 64.1 cm³/mol. The molecular formula is C12H17F3O4S. The molecular weight excluding hydrogens is 297 g/mol. The molecule has 2 saturated carbocycles. The minimum atomic E-state index is -5.66. The monoisotopic (exact) mass is 314 g/mol. The Morgan fingerprint density at radius 2 is 1.85 bits per heavy atom. The first-order chi connectivity index (χ1) is 8.84. The third-order valence-electron chi connectivity index (χ3n) is 4.92. The Hall–Kier alpha value is -0.630. The van der Waals surface area contributed by atoms with Crippen LogP contribution in [0.4, 0.5) is 13.2 Å². The summed E-state index contributed by atoms with van der Waals surface area (Å²) < 4.78 is 64.9. The number of hydrogen-bond acceptors (Lipinski definition) is 4. The maximum atomic E-state index is 12.5. The molecule has 0 heterocycles. The van der Waals surface area contributed by atoms with Gasteiger partial charge in [0.1, 0.15) is 5.78 Å². The molecule has 0 aromatic carbocycles. The summed E-state index contributed by atoms with van der Waals surface area (Å²) in [6, 6.07) is 0. The van der Waals surface area contributed by atoms with Crippen molar-refractivity contribution in [1.29, 1.82) is 0 Å². The van der Waals surface area contributed by atoms with E-state index in [9.17, 15) is 26.4 Å². The van der Waals surface area contributed by atoms with Crippen LogP contribution >= 0.6 is 0 Å². The Bertz CT molecular complexity index is 537. The topological polar surface area (TPSA) is 60.4 Å². The second-order valence-corrected chi connectivity index (χ2v) is 7.83. The third-order valence-corrected chi connectivity index (χ3v) is 6.03. The lowest BCUT2D eigenvalue weighted by atomic mass is 9.65. The van der Waals surface area contributed by atoms with Gasteiger partial charge < -0.3 is 0 Å². The zero-order chi connectivity index (χ0) is 15.6. The summed E-state index contributed by atoms with van der Waals surface area (Å²) >= 11 is 0. The van der Waals surface area contributed by atoms with Gasteiger partial charge in [0.15, 0.2) is 0 Å². The quantitative estimate of drug-likeness (QED) is 0.593. The predicted octanol–water partition coefficient (Wildman–Crippen LogP) is 2.64. The first-order valence-electron chi connectivity index (χ1n) is 6.36. The van der Waals surface area contributed by atoms with Gasteiger partial charge in [0.05, 0.1) is 5.60 Å². The van der Waals surface area contributed by atoms with Gasteiger partial charge in [-0.1, -0.05) is 13.8 Å². The molecule has 3 atom stereocenters. The van der Waals surface area contributed by atoms with E-state index in [1.807, 2.05) is 0 Å².